The van der Waals surface area contributed by atoms with Gasteiger partial charge in [0.05, 0.1) is 10.6 Å². The minimum Gasteiger partial charge on any atom is -0.490 e. The number of hydrogen-bond acceptors (Lipinski definition) is 2. The zero-order chi connectivity index (χ0) is 9.84. The van der Waals surface area contributed by atoms with E-state index in [2.05, 4.69) is 15.9 Å². The molecule has 0 spiro atoms. The number of ether oxygens (including phenoxy) is 1. The summed E-state index contributed by atoms with van der Waals surface area (Å²) in [5, 5.41) is 8.94. The number of aliphatic hydroxyl groups excluding tert-OH is 1. The van der Waals surface area contributed by atoms with Crippen LogP contribution in [0.5, 0.6) is 5.75 Å². The maximum absolute atomic E-state index is 12.7. The van der Waals surface area contributed by atoms with E-state index < -0.39 is 6.10 Å². The van der Waals surface area contributed by atoms with E-state index in [0.717, 1.165) is 0 Å². The van der Waals surface area contributed by atoms with Crippen molar-refractivity contribution in [1.82, 2.24) is 0 Å². The lowest BCUT2D eigenvalue weighted by atomic mass is 10.3. The average Bonchev–Trinajstić information content (AvgIpc) is 2.06. The zero-order valence-electron chi connectivity index (χ0n) is 7.13. The quantitative estimate of drug-likeness (QED) is 0.890. The van der Waals surface area contributed by atoms with Gasteiger partial charge < -0.3 is 9.84 Å². The van der Waals surface area contributed by atoms with E-state index in [1.54, 1.807) is 13.0 Å². The Balaban J connectivity index is 2.70. The predicted molar refractivity (Wildman–Crippen MR) is 51.3 cm³/mol. The fourth-order valence-corrected chi connectivity index (χ4v) is 1.16. The first-order chi connectivity index (χ1) is 6.09. The molecule has 0 aliphatic rings. The summed E-state index contributed by atoms with van der Waals surface area (Å²) in [4.78, 5) is 0. The molecule has 0 unspecified atom stereocenters. The molecule has 0 aliphatic carbocycles. The molecule has 0 fully saturated rings. The molecule has 0 radical (unpaired) electrons. The molecule has 0 saturated carbocycles. The highest BCUT2D eigenvalue weighted by Crippen LogP contribution is 2.25. The number of hydrogen-bond donors (Lipinski definition) is 1. The molecule has 0 bridgehead atoms. The number of benzene rings is 1. The fourth-order valence-electron chi connectivity index (χ4n) is 0.798. The van der Waals surface area contributed by atoms with Gasteiger partial charge in [-0.25, -0.2) is 4.39 Å². The molecular weight excluding hydrogens is 239 g/mol. The van der Waals surface area contributed by atoms with E-state index in [1.165, 1.54) is 12.1 Å². The summed E-state index contributed by atoms with van der Waals surface area (Å²) >= 11 is 3.21. The topological polar surface area (TPSA) is 29.5 Å². The van der Waals surface area contributed by atoms with Crippen LogP contribution in [0.2, 0.25) is 0 Å². The SMILES string of the molecule is C[C@H](O)COc1cc(F)ccc1Br. The Morgan fingerprint density at radius 2 is 2.31 bits per heavy atom. The van der Waals surface area contributed by atoms with Crippen LogP contribution in [0.25, 0.3) is 0 Å². The van der Waals surface area contributed by atoms with Gasteiger partial charge in [0.2, 0.25) is 0 Å². The van der Waals surface area contributed by atoms with Crippen LogP contribution in [0.15, 0.2) is 22.7 Å². The van der Waals surface area contributed by atoms with Crippen LogP contribution in [-0.2, 0) is 0 Å². The van der Waals surface area contributed by atoms with Crippen LogP contribution in [0.4, 0.5) is 4.39 Å². The van der Waals surface area contributed by atoms with Crippen molar-refractivity contribution in [2.75, 3.05) is 6.61 Å². The molecule has 0 aliphatic heterocycles. The Hall–Kier alpha value is -0.610. The van der Waals surface area contributed by atoms with Gasteiger partial charge in [0.15, 0.2) is 0 Å². The van der Waals surface area contributed by atoms with E-state index in [1.807, 2.05) is 0 Å². The Morgan fingerprint density at radius 1 is 1.62 bits per heavy atom. The molecule has 1 aromatic rings. The van der Waals surface area contributed by atoms with Gasteiger partial charge in [0.1, 0.15) is 18.2 Å². The fraction of sp³-hybridized carbons (Fsp3) is 0.333. The van der Waals surface area contributed by atoms with Crippen LogP contribution in [0, 0.1) is 5.82 Å². The van der Waals surface area contributed by atoms with Crippen LogP contribution in [0.1, 0.15) is 6.92 Å². The Bertz CT molecular complexity index is 289. The van der Waals surface area contributed by atoms with Gasteiger partial charge in [0, 0.05) is 6.07 Å². The Kier molecular flexibility index (Phi) is 3.69. The third kappa shape index (κ3) is 3.32. The maximum Gasteiger partial charge on any atom is 0.136 e. The van der Waals surface area contributed by atoms with Crippen LogP contribution in [0.3, 0.4) is 0 Å². The predicted octanol–water partition coefficient (Wildman–Crippen LogP) is 2.35. The van der Waals surface area contributed by atoms with Crippen molar-refractivity contribution in [3.63, 3.8) is 0 Å². The van der Waals surface area contributed by atoms with Crippen LogP contribution < -0.4 is 4.74 Å². The molecule has 72 valence electrons. The summed E-state index contributed by atoms with van der Waals surface area (Å²) in [5.74, 6) is 0.0460. The summed E-state index contributed by atoms with van der Waals surface area (Å²) in [6.45, 7) is 1.76. The van der Waals surface area contributed by atoms with E-state index in [0.29, 0.717) is 10.2 Å². The van der Waals surface area contributed by atoms with E-state index in [9.17, 15) is 4.39 Å². The van der Waals surface area contributed by atoms with E-state index in [-0.39, 0.29) is 12.4 Å². The lowest BCUT2D eigenvalue weighted by Crippen LogP contribution is -2.13. The van der Waals surface area contributed by atoms with Crippen LogP contribution >= 0.6 is 15.9 Å². The number of rotatable bonds is 3. The first kappa shape index (κ1) is 10.5. The first-order valence-corrected chi connectivity index (χ1v) is 4.65. The molecule has 0 amide bonds. The summed E-state index contributed by atoms with van der Waals surface area (Å²) in [6, 6.07) is 4.17. The molecule has 1 rings (SSSR count). The Morgan fingerprint density at radius 3 is 2.92 bits per heavy atom. The normalized spacial score (nSPS) is 12.6. The van der Waals surface area contributed by atoms with Crippen LogP contribution in [-0.4, -0.2) is 17.8 Å². The molecule has 0 heterocycles. The average molecular weight is 249 g/mol. The van der Waals surface area contributed by atoms with Gasteiger partial charge in [-0.2, -0.15) is 0 Å². The number of aliphatic hydroxyl groups is 1. The lowest BCUT2D eigenvalue weighted by molar-refractivity contribution is 0.122. The third-order valence-corrected chi connectivity index (χ3v) is 2.03. The van der Waals surface area contributed by atoms with Gasteiger partial charge in [0.25, 0.3) is 0 Å². The smallest absolute Gasteiger partial charge is 0.136 e. The highest BCUT2D eigenvalue weighted by Gasteiger charge is 2.04. The molecule has 13 heavy (non-hydrogen) atoms. The summed E-state index contributed by atoms with van der Waals surface area (Å²) in [5.41, 5.74) is 0. The molecule has 0 aromatic heterocycles. The molecule has 1 N–H and O–H groups in total. The van der Waals surface area contributed by atoms with Gasteiger partial charge in [-0.1, -0.05) is 0 Å². The summed E-state index contributed by atoms with van der Waals surface area (Å²) in [6.07, 6.45) is -0.560. The van der Waals surface area contributed by atoms with E-state index in [4.69, 9.17) is 9.84 Å². The van der Waals surface area contributed by atoms with Crippen molar-refractivity contribution in [2.45, 2.75) is 13.0 Å². The van der Waals surface area contributed by atoms with Crippen molar-refractivity contribution in [3.8, 4) is 5.75 Å². The first-order valence-electron chi connectivity index (χ1n) is 3.85. The van der Waals surface area contributed by atoms with E-state index >= 15 is 0 Å². The van der Waals surface area contributed by atoms with Crippen molar-refractivity contribution in [1.29, 1.82) is 0 Å². The maximum atomic E-state index is 12.7. The van der Waals surface area contributed by atoms with Gasteiger partial charge in [-0.3, -0.25) is 0 Å². The summed E-state index contributed by atoms with van der Waals surface area (Å²) < 4.78 is 18.5. The van der Waals surface area contributed by atoms with Crippen molar-refractivity contribution in [3.05, 3.63) is 28.5 Å². The zero-order valence-corrected chi connectivity index (χ0v) is 8.71. The lowest BCUT2D eigenvalue weighted by Gasteiger charge is -2.09. The number of halogens is 2. The summed E-state index contributed by atoms with van der Waals surface area (Å²) in [7, 11) is 0. The Labute approximate surface area is 84.5 Å². The largest absolute Gasteiger partial charge is 0.490 e. The standard InChI is InChI=1S/C9H10BrFO2/c1-6(12)5-13-9-4-7(11)2-3-8(9)10/h2-4,6,12H,5H2,1H3/t6-/m0/s1. The minimum absolute atomic E-state index is 0.155. The minimum atomic E-state index is -0.560. The second kappa shape index (κ2) is 4.58. The van der Waals surface area contributed by atoms with Crippen molar-refractivity contribution in [2.24, 2.45) is 0 Å². The molecule has 1 atom stereocenters. The molecule has 2 nitrogen and oxygen atoms in total. The monoisotopic (exact) mass is 248 g/mol. The third-order valence-electron chi connectivity index (χ3n) is 1.37. The second-order valence-electron chi connectivity index (χ2n) is 2.73. The molecule has 0 saturated heterocycles. The van der Waals surface area contributed by atoms with Gasteiger partial charge >= 0.3 is 0 Å². The highest BCUT2D eigenvalue weighted by molar-refractivity contribution is 9.10. The molecular formula is C9H10BrFO2. The van der Waals surface area contributed by atoms with Crippen molar-refractivity contribution < 1.29 is 14.2 Å². The second-order valence-corrected chi connectivity index (χ2v) is 3.59. The molecule has 1 aromatic carbocycles. The highest BCUT2D eigenvalue weighted by atomic mass is 79.9. The van der Waals surface area contributed by atoms with Gasteiger partial charge in [-0.05, 0) is 35.0 Å². The van der Waals surface area contributed by atoms with Gasteiger partial charge in [-0.15, -0.1) is 0 Å². The molecule has 4 heteroatoms. The van der Waals surface area contributed by atoms with Crippen molar-refractivity contribution >= 4 is 15.9 Å².